The Morgan fingerprint density at radius 1 is 1.11 bits per heavy atom. The molecule has 1 aromatic carbocycles. The summed E-state index contributed by atoms with van der Waals surface area (Å²) in [5.74, 6) is -0.273. The minimum atomic E-state index is -0.446. The average Bonchev–Trinajstić information content (AvgIpc) is 2.28. The summed E-state index contributed by atoms with van der Waals surface area (Å²) >= 11 is 5.58. The zero-order valence-electron chi connectivity index (χ0n) is 11.0. The average molecular weight is 269 g/mol. The van der Waals surface area contributed by atoms with Crippen molar-refractivity contribution < 1.29 is 9.59 Å². The predicted octanol–water partition coefficient (Wildman–Crippen LogP) is 2.79. The normalized spacial score (nSPS) is 11.2. The van der Waals surface area contributed by atoms with Gasteiger partial charge in [0.1, 0.15) is 0 Å². The van der Waals surface area contributed by atoms with Gasteiger partial charge in [0.15, 0.2) is 5.78 Å². The van der Waals surface area contributed by atoms with E-state index in [0.717, 1.165) is 0 Å². The van der Waals surface area contributed by atoms with Crippen molar-refractivity contribution in [1.29, 1.82) is 0 Å². The van der Waals surface area contributed by atoms with Crippen LogP contribution in [0, 0.1) is 0 Å². The van der Waals surface area contributed by atoms with Crippen LogP contribution in [0.2, 0.25) is 0 Å². The van der Waals surface area contributed by atoms with E-state index in [-0.39, 0.29) is 11.7 Å². The molecule has 18 heavy (non-hydrogen) atoms. The fraction of sp³-hybridized carbons (Fsp3) is 0.385. The minimum Gasteiger partial charge on any atom is -0.295 e. The van der Waals surface area contributed by atoms with Crippen molar-refractivity contribution in [2.75, 3.05) is 0 Å². The summed E-state index contributed by atoms with van der Waals surface area (Å²) in [6.07, 6.45) is 0. The van der Waals surface area contributed by atoms with E-state index < -0.39 is 5.54 Å². The molecule has 0 aromatic heterocycles. The van der Waals surface area contributed by atoms with Gasteiger partial charge in [-0.1, -0.05) is 12.1 Å². The molecule has 0 saturated heterocycles. The lowest BCUT2D eigenvalue weighted by Crippen LogP contribution is -2.50. The number of hydrazine groups is 1. The molecule has 0 aliphatic heterocycles. The van der Waals surface area contributed by atoms with Crippen LogP contribution < -0.4 is 4.94 Å². The van der Waals surface area contributed by atoms with Gasteiger partial charge in [0.2, 0.25) is 0 Å². The van der Waals surface area contributed by atoms with Crippen LogP contribution in [-0.4, -0.2) is 22.2 Å². The first-order chi connectivity index (χ1) is 8.27. The van der Waals surface area contributed by atoms with E-state index in [0.29, 0.717) is 11.1 Å². The van der Waals surface area contributed by atoms with Crippen molar-refractivity contribution in [3.8, 4) is 0 Å². The molecule has 0 fully saturated rings. The number of halogens is 1. The topological polar surface area (TPSA) is 49.4 Å². The summed E-state index contributed by atoms with van der Waals surface area (Å²) < 4.78 is 0. The molecular formula is C13H17ClN2O2. The molecule has 1 aromatic rings. The van der Waals surface area contributed by atoms with E-state index in [4.69, 9.17) is 11.8 Å². The Labute approximate surface area is 112 Å². The number of benzene rings is 1. The highest BCUT2D eigenvalue weighted by Gasteiger charge is 2.27. The Kier molecular flexibility index (Phi) is 4.48. The Bertz CT molecular complexity index is 449. The number of ketones is 1. The molecule has 0 aliphatic rings. The summed E-state index contributed by atoms with van der Waals surface area (Å²) in [6.45, 7) is 7.08. The zero-order valence-corrected chi connectivity index (χ0v) is 11.7. The van der Waals surface area contributed by atoms with Crippen LogP contribution >= 0.6 is 11.8 Å². The van der Waals surface area contributed by atoms with Gasteiger partial charge in [0.25, 0.3) is 5.91 Å². The number of rotatable bonds is 3. The molecule has 4 nitrogen and oxygen atoms in total. The Morgan fingerprint density at radius 2 is 1.56 bits per heavy atom. The van der Waals surface area contributed by atoms with Gasteiger partial charge in [-0.25, -0.2) is 0 Å². The first-order valence-corrected chi connectivity index (χ1v) is 5.97. The van der Waals surface area contributed by atoms with Gasteiger partial charge in [-0.3, -0.25) is 14.6 Å². The van der Waals surface area contributed by atoms with Crippen molar-refractivity contribution in [1.82, 2.24) is 9.95 Å². The molecule has 0 atom stereocenters. The standard InChI is InChI=1S/C13H17ClN2O2/c1-9(17)10-5-7-11(8-6-10)12(18)16(15-14)13(2,3)4/h5-8,15H,1-4H3. The maximum atomic E-state index is 12.2. The lowest BCUT2D eigenvalue weighted by atomic mass is 10.0. The Balaban J connectivity index is 3.00. The molecule has 1 amide bonds. The van der Waals surface area contributed by atoms with Crippen molar-refractivity contribution in [2.45, 2.75) is 33.2 Å². The van der Waals surface area contributed by atoms with Gasteiger partial charge in [-0.15, -0.1) is 4.94 Å². The van der Waals surface area contributed by atoms with Crippen LogP contribution in [-0.2, 0) is 0 Å². The molecule has 0 spiro atoms. The van der Waals surface area contributed by atoms with Gasteiger partial charge in [0.05, 0.1) is 5.54 Å². The maximum Gasteiger partial charge on any atom is 0.269 e. The third-order valence-electron chi connectivity index (χ3n) is 2.50. The zero-order chi connectivity index (χ0) is 13.9. The number of nitrogens with one attached hydrogen (secondary N) is 1. The second-order valence-corrected chi connectivity index (χ2v) is 5.20. The van der Waals surface area contributed by atoms with Crippen LogP contribution in [0.25, 0.3) is 0 Å². The second-order valence-electron chi connectivity index (χ2n) is 5.03. The van der Waals surface area contributed by atoms with Gasteiger partial charge in [0, 0.05) is 11.1 Å². The van der Waals surface area contributed by atoms with Crippen molar-refractivity contribution in [2.24, 2.45) is 0 Å². The number of nitrogens with zero attached hydrogens (tertiary/aromatic N) is 1. The quantitative estimate of drug-likeness (QED) is 0.521. The number of hydrogen-bond acceptors (Lipinski definition) is 3. The molecule has 1 rings (SSSR count). The number of carbonyl (C=O) groups excluding carboxylic acids is 2. The molecule has 0 unspecified atom stereocenters. The van der Waals surface area contributed by atoms with Gasteiger partial charge >= 0.3 is 0 Å². The second kappa shape index (κ2) is 5.50. The number of Topliss-reactive ketones (excluding diaryl/α,β-unsaturated/α-hetero) is 1. The molecule has 0 radical (unpaired) electrons. The van der Waals surface area contributed by atoms with E-state index in [1.54, 1.807) is 24.3 Å². The third kappa shape index (κ3) is 3.31. The van der Waals surface area contributed by atoms with Gasteiger partial charge in [-0.05, 0) is 51.6 Å². The van der Waals surface area contributed by atoms with Gasteiger partial charge in [-0.2, -0.15) is 0 Å². The van der Waals surface area contributed by atoms with Crippen LogP contribution in [0.3, 0.4) is 0 Å². The predicted molar refractivity (Wildman–Crippen MR) is 71.4 cm³/mol. The van der Waals surface area contributed by atoms with E-state index in [1.165, 1.54) is 11.9 Å². The molecule has 0 saturated carbocycles. The SMILES string of the molecule is CC(=O)c1ccc(C(=O)N(NCl)C(C)(C)C)cc1. The first-order valence-electron chi connectivity index (χ1n) is 5.59. The molecule has 0 aliphatic carbocycles. The fourth-order valence-corrected chi connectivity index (χ4v) is 1.78. The fourth-order valence-electron chi connectivity index (χ4n) is 1.45. The lowest BCUT2D eigenvalue weighted by molar-refractivity contribution is 0.0515. The summed E-state index contributed by atoms with van der Waals surface area (Å²) in [5.41, 5.74) is 0.605. The Hall–Kier alpha value is -1.39. The molecule has 0 bridgehead atoms. The third-order valence-corrected chi connectivity index (χ3v) is 2.67. The Morgan fingerprint density at radius 3 is 1.89 bits per heavy atom. The minimum absolute atomic E-state index is 0.0304. The highest BCUT2D eigenvalue weighted by molar-refractivity contribution is 6.14. The number of hydrogen-bond donors (Lipinski definition) is 1. The highest BCUT2D eigenvalue weighted by Crippen LogP contribution is 2.16. The molecule has 5 heteroatoms. The summed E-state index contributed by atoms with van der Waals surface area (Å²) in [7, 11) is 0. The van der Waals surface area contributed by atoms with Gasteiger partial charge < -0.3 is 0 Å². The monoisotopic (exact) mass is 268 g/mol. The van der Waals surface area contributed by atoms with Crippen molar-refractivity contribution in [3.63, 3.8) is 0 Å². The molecule has 1 N–H and O–H groups in total. The van der Waals surface area contributed by atoms with Crippen LogP contribution in [0.4, 0.5) is 0 Å². The van der Waals surface area contributed by atoms with Crippen LogP contribution in [0.1, 0.15) is 48.4 Å². The molecule has 98 valence electrons. The van der Waals surface area contributed by atoms with E-state index >= 15 is 0 Å². The van der Waals surface area contributed by atoms with E-state index in [2.05, 4.69) is 4.94 Å². The smallest absolute Gasteiger partial charge is 0.269 e. The number of amides is 1. The maximum absolute atomic E-state index is 12.2. The molecular weight excluding hydrogens is 252 g/mol. The number of carbonyl (C=O) groups is 2. The van der Waals surface area contributed by atoms with E-state index in [1.807, 2.05) is 20.8 Å². The largest absolute Gasteiger partial charge is 0.295 e. The molecule has 0 heterocycles. The summed E-state index contributed by atoms with van der Waals surface area (Å²) in [4.78, 5) is 25.7. The van der Waals surface area contributed by atoms with E-state index in [9.17, 15) is 9.59 Å². The van der Waals surface area contributed by atoms with Crippen molar-refractivity contribution >= 4 is 23.5 Å². The van der Waals surface area contributed by atoms with Crippen LogP contribution in [0.15, 0.2) is 24.3 Å². The lowest BCUT2D eigenvalue weighted by Gasteiger charge is -2.33. The summed E-state index contributed by atoms with van der Waals surface area (Å²) in [5, 5.41) is 1.33. The van der Waals surface area contributed by atoms with Crippen LogP contribution in [0.5, 0.6) is 0 Å². The highest BCUT2D eigenvalue weighted by atomic mass is 35.5. The first kappa shape index (κ1) is 14.7. The van der Waals surface area contributed by atoms with Crippen molar-refractivity contribution in [3.05, 3.63) is 35.4 Å². The summed E-state index contributed by atoms with van der Waals surface area (Å²) in [6, 6.07) is 6.49.